The highest BCUT2D eigenvalue weighted by Crippen LogP contribution is 2.24. The zero-order valence-corrected chi connectivity index (χ0v) is 11.2. The van der Waals surface area contributed by atoms with Crippen molar-refractivity contribution in [1.29, 1.82) is 0 Å². The van der Waals surface area contributed by atoms with Gasteiger partial charge in [0.05, 0.1) is 16.2 Å². The van der Waals surface area contributed by atoms with Gasteiger partial charge in [0.1, 0.15) is 11.6 Å². The van der Waals surface area contributed by atoms with E-state index >= 15 is 0 Å². The molecule has 6 heteroatoms. The summed E-state index contributed by atoms with van der Waals surface area (Å²) in [7, 11) is 0. The van der Waals surface area contributed by atoms with Crippen molar-refractivity contribution >= 4 is 27.5 Å². The van der Waals surface area contributed by atoms with Gasteiger partial charge in [-0.3, -0.25) is 4.79 Å². The van der Waals surface area contributed by atoms with Crippen molar-refractivity contribution in [3.05, 3.63) is 28.2 Å². The SMILES string of the molecule is O=C(Nc1cc(Br)c(F)cc1F)C1CCCCN1. The fourth-order valence-electron chi connectivity index (χ4n) is 1.91. The highest BCUT2D eigenvalue weighted by molar-refractivity contribution is 9.10. The van der Waals surface area contributed by atoms with Crippen LogP contribution in [0.1, 0.15) is 19.3 Å². The number of benzene rings is 1. The van der Waals surface area contributed by atoms with Crippen molar-refractivity contribution in [3.8, 4) is 0 Å². The van der Waals surface area contributed by atoms with Gasteiger partial charge in [0.2, 0.25) is 5.91 Å². The largest absolute Gasteiger partial charge is 0.322 e. The Kier molecular flexibility index (Phi) is 4.29. The molecular formula is C12H13BrF2N2O. The van der Waals surface area contributed by atoms with Crippen LogP contribution in [0.15, 0.2) is 16.6 Å². The van der Waals surface area contributed by atoms with Gasteiger partial charge in [-0.1, -0.05) is 6.42 Å². The van der Waals surface area contributed by atoms with Crippen molar-refractivity contribution in [2.75, 3.05) is 11.9 Å². The van der Waals surface area contributed by atoms with E-state index in [2.05, 4.69) is 26.6 Å². The van der Waals surface area contributed by atoms with Gasteiger partial charge in [-0.25, -0.2) is 8.78 Å². The highest BCUT2D eigenvalue weighted by Gasteiger charge is 2.21. The highest BCUT2D eigenvalue weighted by atomic mass is 79.9. The molecule has 0 radical (unpaired) electrons. The van der Waals surface area contributed by atoms with Crippen LogP contribution >= 0.6 is 15.9 Å². The molecule has 1 fully saturated rings. The van der Waals surface area contributed by atoms with Crippen molar-refractivity contribution in [1.82, 2.24) is 5.32 Å². The molecule has 1 atom stereocenters. The molecule has 2 rings (SSSR count). The predicted molar refractivity (Wildman–Crippen MR) is 68.3 cm³/mol. The molecule has 1 aromatic rings. The molecular weight excluding hydrogens is 306 g/mol. The van der Waals surface area contributed by atoms with Crippen molar-refractivity contribution < 1.29 is 13.6 Å². The minimum absolute atomic E-state index is 0.0133. The topological polar surface area (TPSA) is 41.1 Å². The van der Waals surface area contributed by atoms with Gasteiger partial charge in [-0.15, -0.1) is 0 Å². The van der Waals surface area contributed by atoms with Crippen molar-refractivity contribution in [2.45, 2.75) is 25.3 Å². The molecule has 1 unspecified atom stereocenters. The molecule has 2 N–H and O–H groups in total. The summed E-state index contributed by atoms with van der Waals surface area (Å²) in [5.41, 5.74) is -0.0133. The maximum absolute atomic E-state index is 13.5. The molecule has 0 bridgehead atoms. The molecule has 0 aromatic heterocycles. The molecule has 18 heavy (non-hydrogen) atoms. The summed E-state index contributed by atoms with van der Waals surface area (Å²) < 4.78 is 26.6. The third-order valence-corrected chi connectivity index (χ3v) is 3.50. The van der Waals surface area contributed by atoms with E-state index in [4.69, 9.17) is 0 Å². The second-order valence-electron chi connectivity index (χ2n) is 4.24. The number of amides is 1. The number of carbonyl (C=O) groups excluding carboxylic acids is 1. The first-order chi connectivity index (χ1) is 8.58. The Labute approximate surface area is 112 Å². The molecule has 0 aliphatic carbocycles. The molecule has 3 nitrogen and oxygen atoms in total. The molecule has 1 aliphatic heterocycles. The summed E-state index contributed by atoms with van der Waals surface area (Å²) in [6.07, 6.45) is 2.75. The number of hydrogen-bond donors (Lipinski definition) is 2. The Morgan fingerprint density at radius 1 is 1.33 bits per heavy atom. The van der Waals surface area contributed by atoms with E-state index in [0.29, 0.717) is 0 Å². The number of anilines is 1. The molecule has 98 valence electrons. The average molecular weight is 319 g/mol. The Morgan fingerprint density at radius 3 is 2.78 bits per heavy atom. The fourth-order valence-corrected chi connectivity index (χ4v) is 2.26. The molecule has 1 aliphatic rings. The standard InChI is InChI=1S/C12H13BrF2N2O/c13-7-5-11(9(15)6-8(7)14)17-12(18)10-3-1-2-4-16-10/h5-6,10,16H,1-4H2,(H,17,18). The van der Waals surface area contributed by atoms with Crippen LogP contribution < -0.4 is 10.6 Å². The summed E-state index contributed by atoms with van der Waals surface area (Å²) >= 11 is 2.96. The average Bonchev–Trinajstić information content (AvgIpc) is 2.37. The molecule has 1 aromatic carbocycles. The monoisotopic (exact) mass is 318 g/mol. The van der Waals surface area contributed by atoms with Crippen LogP contribution in [0, 0.1) is 11.6 Å². The lowest BCUT2D eigenvalue weighted by atomic mass is 10.0. The minimum atomic E-state index is -0.778. The van der Waals surface area contributed by atoms with E-state index in [9.17, 15) is 13.6 Å². The lowest BCUT2D eigenvalue weighted by Crippen LogP contribution is -2.43. The van der Waals surface area contributed by atoms with Crippen molar-refractivity contribution in [2.24, 2.45) is 0 Å². The maximum atomic E-state index is 13.5. The summed E-state index contributed by atoms with van der Waals surface area (Å²) in [5.74, 6) is -1.76. The van der Waals surface area contributed by atoms with E-state index in [-0.39, 0.29) is 22.1 Å². The van der Waals surface area contributed by atoms with E-state index in [1.54, 1.807) is 0 Å². The predicted octanol–water partition coefficient (Wildman–Crippen LogP) is 2.81. The van der Waals surface area contributed by atoms with Crippen LogP contribution in [0.3, 0.4) is 0 Å². The molecule has 1 saturated heterocycles. The molecule has 0 spiro atoms. The third-order valence-electron chi connectivity index (χ3n) is 2.89. The number of hydrogen-bond acceptors (Lipinski definition) is 2. The van der Waals surface area contributed by atoms with Crippen LogP contribution in [0.2, 0.25) is 0 Å². The number of halogens is 3. The molecule has 1 amide bonds. The van der Waals surface area contributed by atoms with E-state index in [1.807, 2.05) is 0 Å². The first-order valence-electron chi connectivity index (χ1n) is 5.76. The number of piperidine rings is 1. The third kappa shape index (κ3) is 3.05. The van der Waals surface area contributed by atoms with Gasteiger partial charge in [0.25, 0.3) is 0 Å². The quantitative estimate of drug-likeness (QED) is 0.823. The van der Waals surface area contributed by atoms with E-state index < -0.39 is 11.6 Å². The van der Waals surface area contributed by atoms with Gasteiger partial charge in [-0.2, -0.15) is 0 Å². The number of carbonyl (C=O) groups is 1. The van der Waals surface area contributed by atoms with Crippen LogP contribution in [0.4, 0.5) is 14.5 Å². The van der Waals surface area contributed by atoms with Crippen LogP contribution in [0.25, 0.3) is 0 Å². The summed E-state index contributed by atoms with van der Waals surface area (Å²) in [6.45, 7) is 0.785. The van der Waals surface area contributed by atoms with Crippen LogP contribution in [0.5, 0.6) is 0 Å². The Bertz CT molecular complexity index is 462. The van der Waals surface area contributed by atoms with Gasteiger partial charge in [0, 0.05) is 6.07 Å². The normalized spacial score (nSPS) is 19.6. The second kappa shape index (κ2) is 5.75. The molecule has 0 saturated carbocycles. The van der Waals surface area contributed by atoms with Gasteiger partial charge in [-0.05, 0) is 41.4 Å². The first-order valence-corrected chi connectivity index (χ1v) is 6.56. The van der Waals surface area contributed by atoms with E-state index in [1.165, 1.54) is 6.07 Å². The second-order valence-corrected chi connectivity index (χ2v) is 5.09. The van der Waals surface area contributed by atoms with Crippen LogP contribution in [-0.2, 0) is 4.79 Å². The fraction of sp³-hybridized carbons (Fsp3) is 0.417. The smallest absolute Gasteiger partial charge is 0.241 e. The zero-order valence-electron chi connectivity index (χ0n) is 9.60. The summed E-state index contributed by atoms with van der Waals surface area (Å²) in [5, 5.41) is 5.54. The number of nitrogens with one attached hydrogen (secondary N) is 2. The Morgan fingerprint density at radius 2 is 2.11 bits per heavy atom. The minimum Gasteiger partial charge on any atom is -0.322 e. The lowest BCUT2D eigenvalue weighted by molar-refractivity contribution is -0.118. The van der Waals surface area contributed by atoms with Gasteiger partial charge >= 0.3 is 0 Å². The molecule has 1 heterocycles. The van der Waals surface area contributed by atoms with Gasteiger partial charge < -0.3 is 10.6 Å². The van der Waals surface area contributed by atoms with Crippen molar-refractivity contribution in [3.63, 3.8) is 0 Å². The van der Waals surface area contributed by atoms with Gasteiger partial charge in [0.15, 0.2) is 0 Å². The maximum Gasteiger partial charge on any atom is 0.241 e. The van der Waals surface area contributed by atoms with E-state index in [0.717, 1.165) is 31.9 Å². The summed E-state index contributed by atoms with van der Waals surface area (Å²) in [6, 6.07) is 1.67. The first kappa shape index (κ1) is 13.4. The summed E-state index contributed by atoms with van der Waals surface area (Å²) in [4.78, 5) is 11.9. The zero-order chi connectivity index (χ0) is 13.1. The van der Waals surface area contributed by atoms with Crippen LogP contribution in [-0.4, -0.2) is 18.5 Å². The lowest BCUT2D eigenvalue weighted by Gasteiger charge is -2.22. The number of rotatable bonds is 2. The Balaban J connectivity index is 2.08. The Hall–Kier alpha value is -1.01.